The minimum Gasteiger partial charge on any atom is -0.490 e. The quantitative estimate of drug-likeness (QED) is 0.742. The molecule has 0 heterocycles. The number of benzene rings is 1. The third-order valence-corrected chi connectivity index (χ3v) is 2.19. The van der Waals surface area contributed by atoms with E-state index in [1.54, 1.807) is 6.92 Å². The molecular formula is C13H18O3. The van der Waals surface area contributed by atoms with Crippen LogP contribution in [0.5, 0.6) is 11.5 Å². The number of carbonyl (C=O) groups excluding carboxylic acids is 1. The van der Waals surface area contributed by atoms with Gasteiger partial charge in [0.05, 0.1) is 6.61 Å². The molecule has 1 atom stereocenters. The van der Waals surface area contributed by atoms with Crippen LogP contribution in [0, 0.1) is 0 Å². The third-order valence-electron chi connectivity index (χ3n) is 2.19. The Balaban J connectivity index is 2.74. The van der Waals surface area contributed by atoms with Crippen LogP contribution in [0.15, 0.2) is 24.3 Å². The van der Waals surface area contributed by atoms with Crippen LogP contribution >= 0.6 is 0 Å². The molecule has 0 aliphatic heterocycles. The van der Waals surface area contributed by atoms with E-state index in [0.717, 1.165) is 6.42 Å². The van der Waals surface area contributed by atoms with Crippen molar-refractivity contribution in [3.63, 3.8) is 0 Å². The largest absolute Gasteiger partial charge is 0.490 e. The fourth-order valence-corrected chi connectivity index (χ4v) is 1.15. The predicted octanol–water partition coefficient (Wildman–Crippen LogP) is 2.83. The first-order valence-electron chi connectivity index (χ1n) is 5.54. The average molecular weight is 222 g/mol. The van der Waals surface area contributed by atoms with E-state index in [4.69, 9.17) is 9.47 Å². The standard InChI is InChI=1S/C13H18O3/c1-4-9-15-12-7-5-6-8-13(12)16-11(3)10(2)14/h5-8,11H,4,9H2,1-3H3. The SMILES string of the molecule is CCCOc1ccccc1OC(C)C(C)=O. The van der Waals surface area contributed by atoms with E-state index >= 15 is 0 Å². The Hall–Kier alpha value is -1.51. The monoisotopic (exact) mass is 222 g/mol. The molecule has 1 rings (SSSR count). The Morgan fingerprint density at radius 1 is 1.31 bits per heavy atom. The molecule has 1 aromatic rings. The van der Waals surface area contributed by atoms with E-state index in [9.17, 15) is 4.79 Å². The van der Waals surface area contributed by atoms with Crippen LogP contribution in [0.2, 0.25) is 0 Å². The Morgan fingerprint density at radius 2 is 1.94 bits per heavy atom. The zero-order valence-corrected chi connectivity index (χ0v) is 10.0. The van der Waals surface area contributed by atoms with Crippen molar-refractivity contribution in [3.05, 3.63) is 24.3 Å². The molecular weight excluding hydrogens is 204 g/mol. The van der Waals surface area contributed by atoms with Gasteiger partial charge in [-0.05, 0) is 32.4 Å². The zero-order chi connectivity index (χ0) is 12.0. The maximum absolute atomic E-state index is 11.1. The lowest BCUT2D eigenvalue weighted by molar-refractivity contribution is -0.122. The first-order chi connectivity index (χ1) is 7.65. The van der Waals surface area contributed by atoms with Crippen LogP contribution in [0.25, 0.3) is 0 Å². The number of ether oxygens (including phenoxy) is 2. The maximum atomic E-state index is 11.1. The number of rotatable bonds is 6. The fourth-order valence-electron chi connectivity index (χ4n) is 1.15. The summed E-state index contributed by atoms with van der Waals surface area (Å²) in [5.74, 6) is 1.32. The van der Waals surface area contributed by atoms with Crippen molar-refractivity contribution >= 4 is 5.78 Å². The summed E-state index contributed by atoms with van der Waals surface area (Å²) in [6.07, 6.45) is 0.503. The van der Waals surface area contributed by atoms with Gasteiger partial charge in [-0.25, -0.2) is 0 Å². The summed E-state index contributed by atoms with van der Waals surface area (Å²) in [4.78, 5) is 11.1. The van der Waals surface area contributed by atoms with E-state index in [0.29, 0.717) is 18.1 Å². The van der Waals surface area contributed by atoms with Crippen LogP contribution in [0.4, 0.5) is 0 Å². The van der Waals surface area contributed by atoms with Gasteiger partial charge < -0.3 is 9.47 Å². The number of hydrogen-bond donors (Lipinski definition) is 0. The van der Waals surface area contributed by atoms with Crippen molar-refractivity contribution in [3.8, 4) is 11.5 Å². The van der Waals surface area contributed by atoms with Crippen LogP contribution < -0.4 is 9.47 Å². The molecule has 3 heteroatoms. The van der Waals surface area contributed by atoms with Crippen molar-refractivity contribution in [2.24, 2.45) is 0 Å². The summed E-state index contributed by atoms with van der Waals surface area (Å²) in [5.41, 5.74) is 0. The number of hydrogen-bond acceptors (Lipinski definition) is 3. The van der Waals surface area contributed by atoms with E-state index < -0.39 is 6.10 Å². The Morgan fingerprint density at radius 3 is 2.50 bits per heavy atom. The predicted molar refractivity (Wildman–Crippen MR) is 63.0 cm³/mol. The Labute approximate surface area is 96.4 Å². The Bertz CT molecular complexity index is 347. The molecule has 3 nitrogen and oxygen atoms in total. The zero-order valence-electron chi connectivity index (χ0n) is 10.0. The lowest BCUT2D eigenvalue weighted by atomic mass is 10.2. The average Bonchev–Trinajstić information content (AvgIpc) is 2.27. The molecule has 0 N–H and O–H groups in total. The van der Waals surface area contributed by atoms with Crippen molar-refractivity contribution < 1.29 is 14.3 Å². The highest BCUT2D eigenvalue weighted by Crippen LogP contribution is 2.27. The van der Waals surface area contributed by atoms with Gasteiger partial charge in [-0.15, -0.1) is 0 Å². The summed E-state index contributed by atoms with van der Waals surface area (Å²) in [6, 6.07) is 7.40. The number of para-hydroxylation sites is 2. The van der Waals surface area contributed by atoms with Gasteiger partial charge >= 0.3 is 0 Å². The molecule has 0 aromatic heterocycles. The first-order valence-corrected chi connectivity index (χ1v) is 5.54. The van der Waals surface area contributed by atoms with Gasteiger partial charge in [-0.2, -0.15) is 0 Å². The Kier molecular flexibility index (Phi) is 4.83. The molecule has 88 valence electrons. The van der Waals surface area contributed by atoms with Gasteiger partial charge in [-0.1, -0.05) is 19.1 Å². The maximum Gasteiger partial charge on any atom is 0.169 e. The highest BCUT2D eigenvalue weighted by Gasteiger charge is 2.12. The van der Waals surface area contributed by atoms with Crippen molar-refractivity contribution in [2.75, 3.05) is 6.61 Å². The van der Waals surface area contributed by atoms with Crippen LogP contribution in [0.3, 0.4) is 0 Å². The molecule has 16 heavy (non-hydrogen) atoms. The molecule has 0 aliphatic rings. The summed E-state index contributed by atoms with van der Waals surface area (Å²) < 4.78 is 11.1. The van der Waals surface area contributed by atoms with Crippen molar-refractivity contribution in [1.82, 2.24) is 0 Å². The van der Waals surface area contributed by atoms with E-state index in [-0.39, 0.29) is 5.78 Å². The van der Waals surface area contributed by atoms with Crippen molar-refractivity contribution in [1.29, 1.82) is 0 Å². The minimum absolute atomic E-state index is 0.00490. The molecule has 1 aromatic carbocycles. The lowest BCUT2D eigenvalue weighted by Gasteiger charge is -2.15. The lowest BCUT2D eigenvalue weighted by Crippen LogP contribution is -2.21. The fraction of sp³-hybridized carbons (Fsp3) is 0.462. The molecule has 0 saturated carbocycles. The molecule has 0 radical (unpaired) electrons. The minimum atomic E-state index is -0.439. The van der Waals surface area contributed by atoms with Gasteiger partial charge in [0.2, 0.25) is 0 Å². The first kappa shape index (κ1) is 12.6. The summed E-state index contributed by atoms with van der Waals surface area (Å²) in [5, 5.41) is 0. The highest BCUT2D eigenvalue weighted by atomic mass is 16.5. The number of ketones is 1. The second-order valence-electron chi connectivity index (χ2n) is 3.67. The smallest absolute Gasteiger partial charge is 0.169 e. The summed E-state index contributed by atoms with van der Waals surface area (Å²) in [7, 11) is 0. The second kappa shape index (κ2) is 6.16. The van der Waals surface area contributed by atoms with Crippen LogP contribution in [0.1, 0.15) is 27.2 Å². The summed E-state index contributed by atoms with van der Waals surface area (Å²) in [6.45, 7) is 5.94. The van der Waals surface area contributed by atoms with Crippen LogP contribution in [-0.4, -0.2) is 18.5 Å². The normalized spacial score (nSPS) is 11.9. The van der Waals surface area contributed by atoms with Gasteiger partial charge in [0.25, 0.3) is 0 Å². The number of Topliss-reactive ketones (excluding diaryl/α,β-unsaturated/α-hetero) is 1. The molecule has 1 unspecified atom stereocenters. The van der Waals surface area contributed by atoms with Gasteiger partial charge in [-0.3, -0.25) is 4.79 Å². The molecule has 0 amide bonds. The molecule has 0 spiro atoms. The van der Waals surface area contributed by atoms with Gasteiger partial charge in [0, 0.05) is 0 Å². The molecule has 0 aliphatic carbocycles. The summed E-state index contributed by atoms with van der Waals surface area (Å²) >= 11 is 0. The highest BCUT2D eigenvalue weighted by molar-refractivity contribution is 5.80. The number of carbonyl (C=O) groups is 1. The van der Waals surface area contributed by atoms with E-state index in [2.05, 4.69) is 0 Å². The van der Waals surface area contributed by atoms with Gasteiger partial charge in [0.1, 0.15) is 0 Å². The van der Waals surface area contributed by atoms with Gasteiger partial charge in [0.15, 0.2) is 23.4 Å². The van der Waals surface area contributed by atoms with E-state index in [1.807, 2.05) is 31.2 Å². The topological polar surface area (TPSA) is 35.5 Å². The second-order valence-corrected chi connectivity index (χ2v) is 3.67. The molecule has 0 bridgehead atoms. The third kappa shape index (κ3) is 3.57. The van der Waals surface area contributed by atoms with Crippen molar-refractivity contribution in [2.45, 2.75) is 33.3 Å². The molecule has 0 fully saturated rings. The van der Waals surface area contributed by atoms with E-state index in [1.165, 1.54) is 6.92 Å². The molecule has 0 saturated heterocycles. The van der Waals surface area contributed by atoms with Crippen LogP contribution in [-0.2, 0) is 4.79 Å².